The fraction of sp³-hybridized carbons (Fsp3) is 0.158. The summed E-state index contributed by atoms with van der Waals surface area (Å²) < 4.78 is 37.6. The van der Waals surface area contributed by atoms with Crippen LogP contribution in [0.25, 0.3) is 22.3 Å². The van der Waals surface area contributed by atoms with E-state index in [-0.39, 0.29) is 9.92 Å². The largest absolute Gasteiger partial charge is 0.238 e. The normalized spacial score (nSPS) is 11.7. The van der Waals surface area contributed by atoms with E-state index in [0.717, 1.165) is 34.4 Å². The number of rotatable bonds is 5. The fourth-order valence-corrected chi connectivity index (χ4v) is 5.02. The molecule has 0 amide bonds. The van der Waals surface area contributed by atoms with Crippen molar-refractivity contribution in [1.82, 2.24) is 0 Å². The first-order valence-electron chi connectivity index (χ1n) is 8.01. The molecule has 0 radical (unpaired) electrons. The van der Waals surface area contributed by atoms with Gasteiger partial charge in [-0.05, 0) is 35.6 Å². The van der Waals surface area contributed by atoms with Gasteiger partial charge in [-0.25, -0.2) is 17.9 Å². The van der Waals surface area contributed by atoms with E-state index in [0.29, 0.717) is 5.56 Å². The third kappa shape index (κ3) is 3.69. The number of hydrogen-bond acceptors (Lipinski definition) is 3. The van der Waals surface area contributed by atoms with Crippen molar-refractivity contribution in [3.8, 4) is 22.3 Å². The highest BCUT2D eigenvalue weighted by Gasteiger charge is 2.21. The predicted molar refractivity (Wildman–Crippen MR) is 106 cm³/mol. The molecule has 7 heteroatoms. The monoisotopic (exact) mass is 409 g/mol. The van der Waals surface area contributed by atoms with Crippen molar-refractivity contribution < 1.29 is 12.8 Å². The fourth-order valence-electron chi connectivity index (χ4n) is 2.91. The molecule has 1 aromatic heterocycles. The Morgan fingerprint density at radius 2 is 1.88 bits per heavy atom. The highest BCUT2D eigenvalue weighted by atomic mass is 35.5. The number of halogens is 2. The Balaban J connectivity index is 2.30. The summed E-state index contributed by atoms with van der Waals surface area (Å²) in [5.74, 6) is -0.492. The molecule has 0 aliphatic rings. The van der Waals surface area contributed by atoms with Gasteiger partial charge in [-0.1, -0.05) is 49.2 Å². The van der Waals surface area contributed by atoms with Crippen LogP contribution in [0, 0.1) is 5.82 Å². The van der Waals surface area contributed by atoms with Gasteiger partial charge in [0, 0.05) is 21.6 Å². The molecule has 0 saturated heterocycles. The Labute approximate surface area is 161 Å². The molecule has 3 nitrogen and oxygen atoms in total. The first-order chi connectivity index (χ1) is 12.3. The van der Waals surface area contributed by atoms with Crippen molar-refractivity contribution in [1.29, 1.82) is 0 Å². The van der Waals surface area contributed by atoms with Crippen molar-refractivity contribution in [2.24, 2.45) is 5.14 Å². The molecule has 26 heavy (non-hydrogen) atoms. The molecule has 3 aromatic rings. The van der Waals surface area contributed by atoms with Crippen LogP contribution >= 0.6 is 22.9 Å². The Morgan fingerprint density at radius 1 is 1.15 bits per heavy atom. The smallest absolute Gasteiger partial charge is 0.225 e. The van der Waals surface area contributed by atoms with E-state index >= 15 is 0 Å². The number of nitrogens with two attached hydrogens (primary N) is 1. The number of thiophene rings is 1. The minimum Gasteiger partial charge on any atom is -0.225 e. The molecule has 0 saturated carbocycles. The third-order valence-corrected chi connectivity index (χ3v) is 6.34. The number of hydrogen-bond donors (Lipinski definition) is 1. The van der Waals surface area contributed by atoms with Gasteiger partial charge in [-0.3, -0.25) is 0 Å². The molecule has 0 fully saturated rings. The molecule has 0 aliphatic carbocycles. The first-order valence-corrected chi connectivity index (χ1v) is 10.8. The summed E-state index contributed by atoms with van der Waals surface area (Å²) in [5.41, 5.74) is 2.91. The van der Waals surface area contributed by atoms with E-state index in [4.69, 9.17) is 16.7 Å². The van der Waals surface area contributed by atoms with Gasteiger partial charge in [0.25, 0.3) is 0 Å². The third-order valence-electron chi connectivity index (χ3n) is 4.04. The van der Waals surface area contributed by atoms with Crippen LogP contribution in [0.2, 0.25) is 5.02 Å². The van der Waals surface area contributed by atoms with Crippen LogP contribution in [0.3, 0.4) is 0 Å². The number of benzene rings is 2. The zero-order valence-electron chi connectivity index (χ0n) is 14.0. The van der Waals surface area contributed by atoms with Gasteiger partial charge in [0.1, 0.15) is 5.82 Å². The summed E-state index contributed by atoms with van der Waals surface area (Å²) in [6.07, 6.45) is 1.76. The van der Waals surface area contributed by atoms with Gasteiger partial charge in [-0.15, -0.1) is 11.3 Å². The summed E-state index contributed by atoms with van der Waals surface area (Å²) in [6, 6.07) is 11.2. The molecule has 0 aliphatic heterocycles. The van der Waals surface area contributed by atoms with Gasteiger partial charge >= 0.3 is 0 Å². The number of aryl methyl sites for hydroxylation is 1. The number of sulfonamides is 1. The summed E-state index contributed by atoms with van der Waals surface area (Å²) in [6.45, 7) is 2.07. The van der Waals surface area contributed by atoms with Crippen molar-refractivity contribution in [2.45, 2.75) is 24.7 Å². The highest BCUT2D eigenvalue weighted by molar-refractivity contribution is 7.89. The minimum atomic E-state index is -3.88. The predicted octanol–water partition coefficient (Wildman–Crippen LogP) is 5.47. The Kier molecular flexibility index (Phi) is 5.48. The SMILES string of the molecule is CCCc1scc(-c2ccccc2S(N)(=O)=O)c1-c1ccc(F)c(Cl)c1. The van der Waals surface area contributed by atoms with Gasteiger partial charge in [-0.2, -0.15) is 0 Å². The molecule has 0 atom stereocenters. The van der Waals surface area contributed by atoms with E-state index in [1.165, 1.54) is 12.1 Å². The Bertz CT molecular complexity index is 1060. The lowest BCUT2D eigenvalue weighted by molar-refractivity contribution is 0.598. The zero-order valence-corrected chi connectivity index (χ0v) is 16.4. The van der Waals surface area contributed by atoms with Gasteiger partial charge in [0.15, 0.2) is 0 Å². The van der Waals surface area contributed by atoms with Crippen LogP contribution in [0.15, 0.2) is 52.7 Å². The maximum absolute atomic E-state index is 13.6. The minimum absolute atomic E-state index is 0.0295. The molecule has 2 N–H and O–H groups in total. The van der Waals surface area contributed by atoms with E-state index in [9.17, 15) is 12.8 Å². The van der Waals surface area contributed by atoms with Crippen LogP contribution < -0.4 is 5.14 Å². The van der Waals surface area contributed by atoms with Crippen molar-refractivity contribution >= 4 is 33.0 Å². The molecule has 136 valence electrons. The second-order valence-electron chi connectivity index (χ2n) is 5.87. The molecule has 0 bridgehead atoms. The average Bonchev–Trinajstić information content (AvgIpc) is 3.00. The molecule has 0 unspecified atom stereocenters. The lowest BCUT2D eigenvalue weighted by atomic mass is 9.95. The first kappa shape index (κ1) is 19.0. The van der Waals surface area contributed by atoms with E-state index in [1.807, 2.05) is 5.38 Å². The Hall–Kier alpha value is -1.73. The van der Waals surface area contributed by atoms with Crippen LogP contribution in [0.4, 0.5) is 4.39 Å². The van der Waals surface area contributed by atoms with Crippen LogP contribution in [0.5, 0.6) is 0 Å². The van der Waals surface area contributed by atoms with E-state index < -0.39 is 15.8 Å². The lowest BCUT2D eigenvalue weighted by Gasteiger charge is -2.12. The van der Waals surface area contributed by atoms with Crippen molar-refractivity contribution in [2.75, 3.05) is 0 Å². The van der Waals surface area contributed by atoms with E-state index in [2.05, 4.69) is 6.92 Å². The molecular formula is C19H17ClFNO2S2. The van der Waals surface area contributed by atoms with Gasteiger partial charge < -0.3 is 0 Å². The average molecular weight is 410 g/mol. The zero-order chi connectivity index (χ0) is 18.9. The molecule has 0 spiro atoms. The van der Waals surface area contributed by atoms with Gasteiger partial charge in [0.2, 0.25) is 10.0 Å². The summed E-state index contributed by atoms with van der Waals surface area (Å²) >= 11 is 7.52. The van der Waals surface area contributed by atoms with Crippen LogP contribution in [-0.4, -0.2) is 8.42 Å². The molecular weight excluding hydrogens is 393 g/mol. The van der Waals surface area contributed by atoms with E-state index in [1.54, 1.807) is 41.7 Å². The molecule has 3 rings (SSSR count). The highest BCUT2D eigenvalue weighted by Crippen LogP contribution is 2.42. The molecule has 1 heterocycles. The number of primary sulfonamides is 1. The second-order valence-corrected chi connectivity index (χ2v) is 8.77. The standard InChI is InChI=1S/C19H17ClFNO2S2/c1-2-5-17-19(12-8-9-16(21)15(20)10-12)14(11-25-17)13-6-3-4-7-18(13)26(22,23)24/h3-4,6-11H,2,5H2,1H3,(H2,22,23,24). The summed E-state index contributed by atoms with van der Waals surface area (Å²) in [4.78, 5) is 1.16. The lowest BCUT2D eigenvalue weighted by Crippen LogP contribution is -2.13. The van der Waals surface area contributed by atoms with Crippen molar-refractivity contribution in [3.63, 3.8) is 0 Å². The Morgan fingerprint density at radius 3 is 2.54 bits per heavy atom. The topological polar surface area (TPSA) is 60.2 Å². The maximum atomic E-state index is 13.6. The van der Waals surface area contributed by atoms with Crippen LogP contribution in [-0.2, 0) is 16.4 Å². The van der Waals surface area contributed by atoms with Gasteiger partial charge in [0.05, 0.1) is 9.92 Å². The van der Waals surface area contributed by atoms with Crippen molar-refractivity contribution in [3.05, 3.63) is 63.6 Å². The summed E-state index contributed by atoms with van der Waals surface area (Å²) in [5, 5.41) is 7.35. The summed E-state index contributed by atoms with van der Waals surface area (Å²) in [7, 11) is -3.88. The quantitative estimate of drug-likeness (QED) is 0.606. The van der Waals surface area contributed by atoms with Crippen LogP contribution in [0.1, 0.15) is 18.2 Å². The second kappa shape index (κ2) is 7.48. The molecule has 2 aromatic carbocycles. The maximum Gasteiger partial charge on any atom is 0.238 e.